The Morgan fingerprint density at radius 1 is 1.00 bits per heavy atom. The number of rotatable bonds is 5. The molecule has 0 spiro atoms. The number of aromatic hydroxyl groups is 1. The lowest BCUT2D eigenvalue weighted by molar-refractivity contribution is 0.0943. The van der Waals surface area contributed by atoms with Gasteiger partial charge in [0.05, 0.1) is 4.90 Å². The highest BCUT2D eigenvalue weighted by atomic mass is 35.5. The molecule has 30 heavy (non-hydrogen) atoms. The molecule has 0 bridgehead atoms. The molecule has 1 aromatic heterocycles. The smallest absolute Gasteiger partial charge is 0.269 e. The minimum atomic E-state index is -3.99. The van der Waals surface area contributed by atoms with E-state index in [1.54, 1.807) is 42.5 Å². The van der Waals surface area contributed by atoms with Crippen LogP contribution in [0.2, 0.25) is 5.02 Å². The van der Waals surface area contributed by atoms with Gasteiger partial charge in [-0.3, -0.25) is 4.79 Å². The number of nitrogens with one attached hydrogen (secondary N) is 2. The number of benzene rings is 3. The number of carbonyl (C=O) groups excluding carboxylic acids is 1. The summed E-state index contributed by atoms with van der Waals surface area (Å²) in [6, 6.07) is 19.1. The minimum absolute atomic E-state index is 0.0603. The number of fused-ring (bicyclic) bond motifs is 1. The SMILES string of the molecule is O=C(NCc1ccc(O)cc1)c1[nH]c2ccc(Cl)cc2c1S(=O)(=O)c1ccccc1. The number of hydrogen-bond acceptors (Lipinski definition) is 4. The lowest BCUT2D eigenvalue weighted by Crippen LogP contribution is -2.25. The van der Waals surface area contributed by atoms with Gasteiger partial charge in [-0.1, -0.05) is 41.9 Å². The van der Waals surface area contributed by atoms with E-state index < -0.39 is 15.7 Å². The predicted molar refractivity (Wildman–Crippen MR) is 114 cm³/mol. The molecule has 0 saturated carbocycles. The van der Waals surface area contributed by atoms with E-state index in [1.165, 1.54) is 30.3 Å². The third kappa shape index (κ3) is 3.77. The molecule has 0 fully saturated rings. The van der Waals surface area contributed by atoms with Crippen molar-refractivity contribution in [3.05, 3.63) is 89.1 Å². The van der Waals surface area contributed by atoms with E-state index in [4.69, 9.17) is 11.6 Å². The van der Waals surface area contributed by atoms with Gasteiger partial charge in [-0.05, 0) is 48.0 Å². The molecule has 8 heteroatoms. The van der Waals surface area contributed by atoms with Crippen LogP contribution in [0.3, 0.4) is 0 Å². The molecule has 0 unspecified atom stereocenters. The van der Waals surface area contributed by atoms with E-state index in [1.807, 2.05) is 0 Å². The van der Waals surface area contributed by atoms with Crippen molar-refractivity contribution in [2.24, 2.45) is 0 Å². The lowest BCUT2D eigenvalue weighted by atomic mass is 10.2. The molecule has 0 aliphatic rings. The molecule has 4 rings (SSSR count). The van der Waals surface area contributed by atoms with Crippen LogP contribution >= 0.6 is 11.6 Å². The van der Waals surface area contributed by atoms with Crippen LogP contribution in [0.1, 0.15) is 16.1 Å². The number of H-pyrrole nitrogens is 1. The van der Waals surface area contributed by atoms with Gasteiger partial charge >= 0.3 is 0 Å². The minimum Gasteiger partial charge on any atom is -0.508 e. The summed E-state index contributed by atoms with van der Waals surface area (Å²) in [6.45, 7) is 0.167. The second kappa shape index (κ2) is 7.85. The van der Waals surface area contributed by atoms with E-state index in [-0.39, 0.29) is 27.8 Å². The van der Waals surface area contributed by atoms with E-state index in [0.717, 1.165) is 5.56 Å². The van der Waals surface area contributed by atoms with Gasteiger partial charge in [-0.2, -0.15) is 0 Å². The zero-order chi connectivity index (χ0) is 21.3. The summed E-state index contributed by atoms with van der Waals surface area (Å²) >= 11 is 6.10. The van der Waals surface area contributed by atoms with Crippen LogP contribution in [0.25, 0.3) is 10.9 Å². The number of phenolic OH excluding ortho intramolecular Hbond substituents is 1. The molecule has 3 N–H and O–H groups in total. The van der Waals surface area contributed by atoms with Crippen LogP contribution in [-0.4, -0.2) is 24.4 Å². The zero-order valence-corrected chi connectivity index (χ0v) is 17.2. The summed E-state index contributed by atoms with van der Waals surface area (Å²) in [5.41, 5.74) is 1.19. The molecule has 0 atom stereocenters. The Labute approximate surface area is 178 Å². The fourth-order valence-electron chi connectivity index (χ4n) is 3.18. The van der Waals surface area contributed by atoms with Gasteiger partial charge in [0.2, 0.25) is 9.84 Å². The molecule has 1 amide bonds. The summed E-state index contributed by atoms with van der Waals surface area (Å²) in [6.07, 6.45) is 0. The largest absolute Gasteiger partial charge is 0.508 e. The summed E-state index contributed by atoms with van der Waals surface area (Å²) in [4.78, 5) is 15.8. The number of phenols is 1. The molecule has 0 aliphatic carbocycles. The van der Waals surface area contributed by atoms with Crippen molar-refractivity contribution in [1.29, 1.82) is 0 Å². The van der Waals surface area contributed by atoms with Gasteiger partial charge in [0.1, 0.15) is 16.3 Å². The van der Waals surface area contributed by atoms with Crippen molar-refractivity contribution in [2.75, 3.05) is 0 Å². The Morgan fingerprint density at radius 3 is 2.40 bits per heavy atom. The van der Waals surface area contributed by atoms with Crippen molar-refractivity contribution in [1.82, 2.24) is 10.3 Å². The molecule has 3 aromatic carbocycles. The maximum Gasteiger partial charge on any atom is 0.269 e. The number of amides is 1. The number of aromatic nitrogens is 1. The van der Waals surface area contributed by atoms with Crippen LogP contribution in [0, 0.1) is 0 Å². The Morgan fingerprint density at radius 2 is 1.70 bits per heavy atom. The van der Waals surface area contributed by atoms with Crippen molar-refractivity contribution >= 4 is 38.2 Å². The maximum atomic E-state index is 13.4. The van der Waals surface area contributed by atoms with E-state index in [2.05, 4.69) is 10.3 Å². The van der Waals surface area contributed by atoms with Gasteiger partial charge in [0.15, 0.2) is 0 Å². The summed E-state index contributed by atoms with van der Waals surface area (Å²) in [7, 11) is -3.99. The lowest BCUT2D eigenvalue weighted by Gasteiger charge is -2.08. The third-order valence-electron chi connectivity index (χ3n) is 4.65. The maximum absolute atomic E-state index is 13.4. The van der Waals surface area contributed by atoms with Crippen LogP contribution < -0.4 is 5.32 Å². The summed E-state index contributed by atoms with van der Waals surface area (Å²) in [5.74, 6) is -0.446. The number of sulfone groups is 1. The van der Waals surface area contributed by atoms with Crippen molar-refractivity contribution < 1.29 is 18.3 Å². The topological polar surface area (TPSA) is 99.3 Å². The van der Waals surface area contributed by atoms with E-state index in [0.29, 0.717) is 15.9 Å². The van der Waals surface area contributed by atoms with Crippen molar-refractivity contribution in [3.8, 4) is 5.75 Å². The van der Waals surface area contributed by atoms with Crippen molar-refractivity contribution in [2.45, 2.75) is 16.3 Å². The van der Waals surface area contributed by atoms with Gasteiger partial charge in [-0.25, -0.2) is 8.42 Å². The number of aromatic amines is 1. The monoisotopic (exact) mass is 440 g/mol. The first-order valence-corrected chi connectivity index (χ1v) is 10.9. The fraction of sp³-hybridized carbons (Fsp3) is 0.0455. The predicted octanol–water partition coefficient (Wildman–Crippen LogP) is 4.29. The zero-order valence-electron chi connectivity index (χ0n) is 15.6. The second-order valence-corrected chi connectivity index (χ2v) is 9.01. The molecular weight excluding hydrogens is 424 g/mol. The molecule has 0 aliphatic heterocycles. The van der Waals surface area contributed by atoms with E-state index >= 15 is 0 Å². The number of carbonyl (C=O) groups is 1. The van der Waals surface area contributed by atoms with Crippen molar-refractivity contribution in [3.63, 3.8) is 0 Å². The van der Waals surface area contributed by atoms with Crippen LogP contribution in [0.5, 0.6) is 5.75 Å². The molecule has 6 nitrogen and oxygen atoms in total. The van der Waals surface area contributed by atoms with Gasteiger partial charge in [-0.15, -0.1) is 0 Å². The first-order chi connectivity index (χ1) is 14.4. The molecular formula is C22H17ClN2O4S. The summed E-state index contributed by atoms with van der Waals surface area (Å²) in [5, 5.41) is 12.8. The van der Waals surface area contributed by atoms with Crippen LogP contribution in [-0.2, 0) is 16.4 Å². The first-order valence-electron chi connectivity index (χ1n) is 9.04. The molecule has 0 radical (unpaired) electrons. The average molecular weight is 441 g/mol. The normalized spacial score (nSPS) is 11.5. The Hall–Kier alpha value is -3.29. The van der Waals surface area contributed by atoms with Gasteiger partial charge in [0, 0.05) is 22.5 Å². The highest BCUT2D eigenvalue weighted by molar-refractivity contribution is 7.91. The Kier molecular flexibility index (Phi) is 5.24. The van der Waals surface area contributed by atoms with E-state index in [9.17, 15) is 18.3 Å². The van der Waals surface area contributed by atoms with Crippen LogP contribution in [0.15, 0.2) is 82.6 Å². The van der Waals surface area contributed by atoms with Gasteiger partial charge in [0.25, 0.3) is 5.91 Å². The quantitative estimate of drug-likeness (QED) is 0.431. The number of hydrogen-bond donors (Lipinski definition) is 3. The molecule has 152 valence electrons. The van der Waals surface area contributed by atoms with Crippen LogP contribution in [0.4, 0.5) is 0 Å². The first kappa shape index (κ1) is 20.0. The summed E-state index contributed by atoms with van der Waals surface area (Å²) < 4.78 is 26.8. The average Bonchev–Trinajstić information content (AvgIpc) is 3.13. The third-order valence-corrected chi connectivity index (χ3v) is 6.74. The molecule has 4 aromatic rings. The Balaban J connectivity index is 1.78. The molecule has 0 saturated heterocycles. The van der Waals surface area contributed by atoms with Gasteiger partial charge < -0.3 is 15.4 Å². The highest BCUT2D eigenvalue weighted by Crippen LogP contribution is 2.33. The highest BCUT2D eigenvalue weighted by Gasteiger charge is 2.29. The standard InChI is InChI=1S/C22H17ClN2O4S/c23-15-8-11-19-18(12-15)21(30(28,29)17-4-2-1-3-5-17)20(25-19)22(27)24-13-14-6-9-16(26)10-7-14/h1-12,25-26H,13H2,(H,24,27). The Bertz CT molecular complexity index is 1330. The molecule has 1 heterocycles. The fourth-order valence-corrected chi connectivity index (χ4v) is 4.97. The second-order valence-electron chi connectivity index (χ2n) is 6.68. The number of halogens is 1.